The zero-order chi connectivity index (χ0) is 27.8. The number of phenols is 2. The fourth-order valence-electron chi connectivity index (χ4n) is 4.66. The van der Waals surface area contributed by atoms with Gasteiger partial charge >= 0.3 is 0 Å². The normalized spacial score (nSPS) is 12.7. The number of aliphatic imine (C=N–C) groups is 2. The van der Waals surface area contributed by atoms with Crippen LogP contribution in [0.1, 0.15) is 74.9 Å². The Hall–Kier alpha value is -3.92. The Morgan fingerprint density at radius 2 is 0.947 bits per heavy atom. The molecule has 4 nitrogen and oxygen atoms in total. The molecule has 0 bridgehead atoms. The zero-order valence-corrected chi connectivity index (χ0v) is 23.7. The fraction of sp³-hybridized carbons (Fsp3) is 0.294. The summed E-state index contributed by atoms with van der Waals surface area (Å²) >= 11 is 0. The second-order valence-electron chi connectivity index (χ2n) is 12.2. The molecular formula is C34H38N2O2. The molecule has 0 amide bonds. The number of hydrogen-bond donors (Lipinski definition) is 2. The van der Waals surface area contributed by atoms with Gasteiger partial charge in [-0.15, -0.1) is 0 Å². The number of fused-ring (bicyclic) bond motifs is 1. The summed E-state index contributed by atoms with van der Waals surface area (Å²) in [5.41, 5.74) is 6.22. The van der Waals surface area contributed by atoms with Crippen LogP contribution < -0.4 is 0 Å². The summed E-state index contributed by atoms with van der Waals surface area (Å²) < 4.78 is 0. The number of hydrogen-bond acceptors (Lipinski definition) is 4. The lowest BCUT2D eigenvalue weighted by Crippen LogP contribution is -2.12. The highest BCUT2D eigenvalue weighted by Gasteiger charge is 2.21. The summed E-state index contributed by atoms with van der Waals surface area (Å²) in [4.78, 5) is 9.60. The van der Waals surface area contributed by atoms with Crippen LogP contribution >= 0.6 is 0 Å². The summed E-state index contributed by atoms with van der Waals surface area (Å²) in [6.07, 6.45) is 3.42. The molecule has 0 aliphatic heterocycles. The summed E-state index contributed by atoms with van der Waals surface area (Å²) in [6, 6.07) is 20.0. The first-order valence-electron chi connectivity index (χ1n) is 13.0. The van der Waals surface area contributed by atoms with E-state index in [1.54, 1.807) is 12.4 Å². The Morgan fingerprint density at radius 3 is 1.29 bits per heavy atom. The molecule has 196 valence electrons. The molecule has 0 aliphatic rings. The van der Waals surface area contributed by atoms with Gasteiger partial charge in [-0.05, 0) is 70.8 Å². The molecule has 0 aromatic heterocycles. The van der Waals surface area contributed by atoms with Crippen molar-refractivity contribution in [2.45, 2.75) is 66.2 Å². The lowest BCUT2D eigenvalue weighted by molar-refractivity contribution is 0.445. The number of benzene rings is 4. The number of aryl methyl sites for hydroxylation is 2. The highest BCUT2D eigenvalue weighted by molar-refractivity contribution is 5.96. The third-order valence-electron chi connectivity index (χ3n) is 6.71. The molecule has 0 spiro atoms. The smallest absolute Gasteiger partial charge is 0.128 e. The minimum absolute atomic E-state index is 0.196. The van der Waals surface area contributed by atoms with Gasteiger partial charge in [0.25, 0.3) is 0 Å². The second-order valence-corrected chi connectivity index (χ2v) is 12.2. The van der Waals surface area contributed by atoms with Crippen molar-refractivity contribution in [3.63, 3.8) is 0 Å². The molecular weight excluding hydrogens is 468 g/mol. The average molecular weight is 507 g/mol. The van der Waals surface area contributed by atoms with Crippen molar-refractivity contribution in [1.82, 2.24) is 0 Å². The first-order valence-corrected chi connectivity index (χ1v) is 13.0. The maximum absolute atomic E-state index is 11.0. The van der Waals surface area contributed by atoms with Gasteiger partial charge in [0.2, 0.25) is 0 Å². The van der Waals surface area contributed by atoms with Crippen LogP contribution in [0, 0.1) is 13.8 Å². The van der Waals surface area contributed by atoms with Gasteiger partial charge in [0.15, 0.2) is 0 Å². The minimum atomic E-state index is -0.196. The molecule has 38 heavy (non-hydrogen) atoms. The van der Waals surface area contributed by atoms with Gasteiger partial charge in [0, 0.05) is 34.7 Å². The van der Waals surface area contributed by atoms with Crippen LogP contribution in [-0.2, 0) is 10.8 Å². The van der Waals surface area contributed by atoms with Crippen molar-refractivity contribution < 1.29 is 10.2 Å². The van der Waals surface area contributed by atoms with E-state index in [0.717, 1.165) is 33.0 Å². The monoisotopic (exact) mass is 506 g/mol. The first kappa shape index (κ1) is 27.1. The van der Waals surface area contributed by atoms with E-state index in [1.165, 1.54) is 0 Å². The van der Waals surface area contributed by atoms with Gasteiger partial charge in [0.1, 0.15) is 11.5 Å². The molecule has 0 radical (unpaired) electrons. The van der Waals surface area contributed by atoms with Gasteiger partial charge in [-0.25, -0.2) is 0 Å². The third kappa shape index (κ3) is 5.80. The maximum Gasteiger partial charge on any atom is 0.128 e. The number of phenolic OH excluding ortho intramolecular Hbond substituents is 2. The summed E-state index contributed by atoms with van der Waals surface area (Å²) in [5, 5.41) is 24.1. The van der Waals surface area contributed by atoms with E-state index in [0.29, 0.717) is 22.5 Å². The predicted molar refractivity (Wildman–Crippen MR) is 162 cm³/mol. The Morgan fingerprint density at radius 1 is 0.579 bits per heavy atom. The Balaban J connectivity index is 1.83. The number of nitrogens with zero attached hydrogens (tertiary/aromatic N) is 2. The molecule has 0 saturated heterocycles. The molecule has 0 unspecified atom stereocenters. The minimum Gasteiger partial charge on any atom is -0.507 e. The van der Waals surface area contributed by atoms with Crippen molar-refractivity contribution in [1.29, 1.82) is 0 Å². The zero-order valence-electron chi connectivity index (χ0n) is 23.7. The molecule has 0 aliphatic carbocycles. The van der Waals surface area contributed by atoms with Gasteiger partial charge < -0.3 is 10.2 Å². The van der Waals surface area contributed by atoms with Gasteiger partial charge in [-0.2, -0.15) is 0 Å². The van der Waals surface area contributed by atoms with Crippen molar-refractivity contribution in [2.24, 2.45) is 9.98 Å². The van der Waals surface area contributed by atoms with Crippen LogP contribution in [0.2, 0.25) is 0 Å². The maximum atomic E-state index is 11.0. The lowest BCUT2D eigenvalue weighted by Gasteiger charge is -2.22. The molecule has 4 aromatic rings. The Kier molecular flexibility index (Phi) is 7.20. The lowest BCUT2D eigenvalue weighted by atomic mass is 9.84. The average Bonchev–Trinajstić information content (AvgIpc) is 2.83. The molecule has 0 heterocycles. The van der Waals surface area contributed by atoms with E-state index in [4.69, 9.17) is 9.98 Å². The van der Waals surface area contributed by atoms with Gasteiger partial charge in [-0.3, -0.25) is 9.98 Å². The molecule has 4 rings (SSSR count). The summed E-state index contributed by atoms with van der Waals surface area (Å²) in [5.74, 6) is 0.495. The molecule has 4 heteroatoms. The van der Waals surface area contributed by atoms with Crippen LogP contribution in [0.3, 0.4) is 0 Å². The quantitative estimate of drug-likeness (QED) is 0.271. The van der Waals surface area contributed by atoms with Crippen LogP contribution in [0.5, 0.6) is 11.5 Å². The van der Waals surface area contributed by atoms with E-state index in [-0.39, 0.29) is 22.3 Å². The van der Waals surface area contributed by atoms with Crippen molar-refractivity contribution in [3.05, 3.63) is 94.0 Å². The van der Waals surface area contributed by atoms with Crippen molar-refractivity contribution in [3.8, 4) is 11.5 Å². The van der Waals surface area contributed by atoms with Crippen LogP contribution in [-0.4, -0.2) is 22.6 Å². The summed E-state index contributed by atoms with van der Waals surface area (Å²) in [6.45, 7) is 16.6. The van der Waals surface area contributed by atoms with E-state index in [2.05, 4.69) is 41.5 Å². The SMILES string of the molecule is Cc1cc(C=Nc2cc3ccccc3cc2N=Cc2cc(C)cc(C(C)(C)C)c2O)c(O)c(C(C)(C)C)c1. The second kappa shape index (κ2) is 10.1. The van der Waals surface area contributed by atoms with Crippen molar-refractivity contribution >= 4 is 34.6 Å². The van der Waals surface area contributed by atoms with E-state index in [9.17, 15) is 10.2 Å². The summed E-state index contributed by atoms with van der Waals surface area (Å²) in [7, 11) is 0. The molecule has 2 N–H and O–H groups in total. The topological polar surface area (TPSA) is 65.2 Å². The molecule has 0 atom stereocenters. The third-order valence-corrected chi connectivity index (χ3v) is 6.71. The van der Waals surface area contributed by atoms with Crippen LogP contribution in [0.25, 0.3) is 10.8 Å². The molecule has 4 aromatic carbocycles. The largest absolute Gasteiger partial charge is 0.507 e. The van der Waals surface area contributed by atoms with Gasteiger partial charge in [0.05, 0.1) is 11.4 Å². The highest BCUT2D eigenvalue weighted by Crippen LogP contribution is 2.37. The van der Waals surface area contributed by atoms with Crippen molar-refractivity contribution in [2.75, 3.05) is 0 Å². The highest BCUT2D eigenvalue weighted by atomic mass is 16.3. The number of aromatic hydroxyl groups is 2. The van der Waals surface area contributed by atoms with Crippen LogP contribution in [0.15, 0.2) is 70.6 Å². The van der Waals surface area contributed by atoms with E-state index >= 15 is 0 Å². The molecule has 0 fully saturated rings. The Labute approximate surface area is 226 Å². The van der Waals surface area contributed by atoms with Crippen LogP contribution in [0.4, 0.5) is 11.4 Å². The number of rotatable bonds is 4. The van der Waals surface area contributed by atoms with E-state index in [1.807, 2.05) is 74.5 Å². The van der Waals surface area contributed by atoms with Gasteiger partial charge in [-0.1, -0.05) is 77.9 Å². The molecule has 0 saturated carbocycles. The standard InChI is InChI=1S/C34H38N2O2/c1-21-13-25(31(37)27(15-21)33(3,4)5)19-35-29-17-23-11-9-10-12-24(23)18-30(29)36-20-26-14-22(2)16-28(32(26)38)34(6,7)8/h9-20,37-38H,1-8H3. The van der Waals surface area contributed by atoms with E-state index < -0.39 is 0 Å². The fourth-order valence-corrected chi connectivity index (χ4v) is 4.66. The predicted octanol–water partition coefficient (Wildman–Crippen LogP) is 8.96. The Bertz CT molecular complexity index is 1450. The first-order chi connectivity index (χ1) is 17.7.